The zero-order chi connectivity index (χ0) is 17.0. The summed E-state index contributed by atoms with van der Waals surface area (Å²) in [6, 6.07) is 0.111. The lowest BCUT2D eigenvalue weighted by atomic mass is 10.0. The Balaban J connectivity index is 1.58. The van der Waals surface area contributed by atoms with E-state index in [0.717, 1.165) is 32.1 Å². The van der Waals surface area contributed by atoms with Gasteiger partial charge in [-0.2, -0.15) is 0 Å². The predicted octanol–water partition coefficient (Wildman–Crippen LogP) is 1.23. The molecule has 0 aromatic rings. The van der Waals surface area contributed by atoms with E-state index in [0.29, 0.717) is 29.6 Å². The fourth-order valence-corrected chi connectivity index (χ4v) is 4.02. The Bertz CT molecular complexity index is 651. The molecule has 1 aliphatic carbocycles. The molecule has 0 aromatic carbocycles. The van der Waals surface area contributed by atoms with Gasteiger partial charge in [-0.15, -0.1) is 0 Å². The SMILES string of the molecule is [2H]N1C(CC(C)C)C=C2NC3=C(CN(C4CCCC4)C3=O)C(=O)N21. The number of nitrogens with one attached hydrogen (secondary N) is 2. The normalized spacial score (nSPS) is 29.3. The van der Waals surface area contributed by atoms with Gasteiger partial charge < -0.3 is 10.2 Å². The lowest BCUT2D eigenvalue weighted by molar-refractivity contribution is -0.129. The van der Waals surface area contributed by atoms with Gasteiger partial charge in [-0.1, -0.05) is 26.7 Å². The van der Waals surface area contributed by atoms with Crippen LogP contribution in [-0.4, -0.2) is 40.4 Å². The Labute approximate surface area is 138 Å². The molecule has 124 valence electrons. The molecular formula is C17H24N4O2. The van der Waals surface area contributed by atoms with E-state index >= 15 is 0 Å². The summed E-state index contributed by atoms with van der Waals surface area (Å²) in [5.41, 5.74) is 2.18. The van der Waals surface area contributed by atoms with E-state index < -0.39 is 0 Å². The van der Waals surface area contributed by atoms with Gasteiger partial charge in [-0.05, 0) is 31.3 Å². The first-order valence-electron chi connectivity index (χ1n) is 9.07. The van der Waals surface area contributed by atoms with Crippen LogP contribution >= 0.6 is 0 Å². The summed E-state index contributed by atoms with van der Waals surface area (Å²) in [6.45, 7) is 4.57. The molecular weight excluding hydrogens is 292 g/mol. The zero-order valence-corrected chi connectivity index (χ0v) is 13.7. The van der Waals surface area contributed by atoms with Gasteiger partial charge in [0.05, 0.1) is 12.1 Å². The number of hydrogen-bond donors (Lipinski definition) is 2. The number of fused-ring (bicyclic) bond motifs is 1. The van der Waals surface area contributed by atoms with Crippen LogP contribution in [-0.2, 0) is 9.59 Å². The van der Waals surface area contributed by atoms with Crippen molar-refractivity contribution in [3.05, 3.63) is 23.2 Å². The van der Waals surface area contributed by atoms with Crippen LogP contribution in [0.25, 0.3) is 0 Å². The highest BCUT2D eigenvalue weighted by Crippen LogP contribution is 2.33. The number of hydrazine groups is 1. The van der Waals surface area contributed by atoms with Crippen LogP contribution in [0.2, 0.25) is 1.41 Å². The Kier molecular flexibility index (Phi) is 3.18. The third kappa shape index (κ3) is 2.36. The minimum absolute atomic E-state index is 0.0605. The molecule has 0 aromatic heterocycles. The monoisotopic (exact) mass is 317 g/mol. The molecule has 1 saturated carbocycles. The third-order valence-corrected chi connectivity index (χ3v) is 5.13. The molecule has 1 fully saturated rings. The number of rotatable bonds is 3. The maximum Gasteiger partial charge on any atom is 0.274 e. The summed E-state index contributed by atoms with van der Waals surface area (Å²) in [5, 5.41) is 4.51. The standard InChI is InChI=1S/C17H24N4O2/c1-10(2)7-11-8-14-18-15-13(16(22)21(14)19-11)9-20(17(15)23)12-5-3-4-6-12/h8,10-12,18-19H,3-7,9H2,1-2H3/i/hD. The fraction of sp³-hybridized carbons (Fsp3) is 0.647. The van der Waals surface area contributed by atoms with E-state index in [-0.39, 0.29) is 23.9 Å². The summed E-state index contributed by atoms with van der Waals surface area (Å²) in [5.74, 6) is 0.691. The first kappa shape index (κ1) is 13.6. The van der Waals surface area contributed by atoms with Gasteiger partial charge in [-0.3, -0.25) is 9.59 Å². The van der Waals surface area contributed by atoms with Gasteiger partial charge in [0.25, 0.3) is 11.8 Å². The van der Waals surface area contributed by atoms with Crippen LogP contribution in [0.15, 0.2) is 23.2 Å². The minimum Gasteiger partial charge on any atom is -0.336 e. The topological polar surface area (TPSA) is 64.7 Å². The highest BCUT2D eigenvalue weighted by Gasteiger charge is 2.45. The molecule has 0 saturated heterocycles. The smallest absolute Gasteiger partial charge is 0.274 e. The molecule has 3 heterocycles. The Hall–Kier alpha value is -1.82. The second-order valence-electron chi connectivity index (χ2n) is 7.33. The van der Waals surface area contributed by atoms with Crippen molar-refractivity contribution >= 4 is 11.8 Å². The van der Waals surface area contributed by atoms with Crippen molar-refractivity contribution in [3.8, 4) is 0 Å². The number of hydrogen-bond acceptors (Lipinski definition) is 4. The summed E-state index contributed by atoms with van der Waals surface area (Å²) in [7, 11) is 0. The Morgan fingerprint density at radius 2 is 2.04 bits per heavy atom. The van der Waals surface area contributed by atoms with E-state index in [2.05, 4.69) is 19.2 Å². The zero-order valence-electron chi connectivity index (χ0n) is 14.7. The summed E-state index contributed by atoms with van der Waals surface area (Å²) < 4.78 is 8.28. The van der Waals surface area contributed by atoms with Gasteiger partial charge in [0, 0.05) is 12.1 Å². The highest BCUT2D eigenvalue weighted by atomic mass is 16.2. The Morgan fingerprint density at radius 3 is 2.74 bits per heavy atom. The third-order valence-electron chi connectivity index (χ3n) is 5.13. The number of carbonyl (C=O) groups excluding carboxylic acids is 2. The average molecular weight is 317 g/mol. The maximum atomic E-state index is 12.9. The van der Waals surface area contributed by atoms with Gasteiger partial charge in [0.1, 0.15) is 12.9 Å². The number of amides is 2. The summed E-state index contributed by atoms with van der Waals surface area (Å²) in [6.07, 6.45) is 7.03. The molecule has 23 heavy (non-hydrogen) atoms. The molecule has 0 radical (unpaired) electrons. The molecule has 6 nitrogen and oxygen atoms in total. The summed E-state index contributed by atoms with van der Waals surface area (Å²) in [4.78, 5) is 27.5. The largest absolute Gasteiger partial charge is 0.336 e. The van der Waals surface area contributed by atoms with Crippen molar-refractivity contribution < 1.29 is 11.0 Å². The lowest BCUT2D eigenvalue weighted by Crippen LogP contribution is -2.48. The van der Waals surface area contributed by atoms with Crippen LogP contribution in [0.1, 0.15) is 46.0 Å². The fourth-order valence-electron chi connectivity index (χ4n) is 4.02. The molecule has 2 N–H and O–H groups in total. The second kappa shape index (κ2) is 5.37. The molecule has 1 unspecified atom stereocenters. The molecule has 1 atom stereocenters. The second-order valence-corrected chi connectivity index (χ2v) is 7.33. The van der Waals surface area contributed by atoms with Crippen molar-refractivity contribution in [2.24, 2.45) is 5.92 Å². The van der Waals surface area contributed by atoms with Gasteiger partial charge in [-0.25, -0.2) is 10.4 Å². The van der Waals surface area contributed by atoms with Crippen molar-refractivity contribution in [2.75, 3.05) is 6.54 Å². The van der Waals surface area contributed by atoms with Crippen LogP contribution in [0, 0.1) is 5.92 Å². The van der Waals surface area contributed by atoms with Crippen LogP contribution in [0.4, 0.5) is 0 Å². The first-order valence-corrected chi connectivity index (χ1v) is 8.62. The molecule has 3 aliphatic heterocycles. The van der Waals surface area contributed by atoms with Gasteiger partial charge in [0.2, 0.25) is 0 Å². The molecule has 4 rings (SSSR count). The molecule has 2 amide bonds. The minimum atomic E-state index is -0.231. The molecule has 0 bridgehead atoms. The van der Waals surface area contributed by atoms with Crippen LogP contribution < -0.4 is 10.7 Å². The van der Waals surface area contributed by atoms with Crippen molar-refractivity contribution in [3.63, 3.8) is 0 Å². The first-order chi connectivity index (χ1) is 11.5. The highest BCUT2D eigenvalue weighted by molar-refractivity contribution is 6.10. The van der Waals surface area contributed by atoms with E-state index in [1.165, 1.54) is 10.4 Å². The van der Waals surface area contributed by atoms with Crippen molar-refractivity contribution in [1.29, 1.82) is 0 Å². The van der Waals surface area contributed by atoms with Gasteiger partial charge in [0.15, 0.2) is 0 Å². The van der Waals surface area contributed by atoms with Crippen molar-refractivity contribution in [1.82, 2.24) is 20.6 Å². The number of carbonyl (C=O) groups is 2. The van der Waals surface area contributed by atoms with Crippen LogP contribution in [0.3, 0.4) is 0 Å². The quantitative estimate of drug-likeness (QED) is 0.822. The van der Waals surface area contributed by atoms with Crippen molar-refractivity contribution in [2.45, 2.75) is 58.0 Å². The van der Waals surface area contributed by atoms with Crippen LogP contribution in [0.5, 0.6) is 0 Å². The predicted molar refractivity (Wildman–Crippen MR) is 85.4 cm³/mol. The van der Waals surface area contributed by atoms with E-state index in [9.17, 15) is 9.59 Å². The lowest BCUT2D eigenvalue weighted by Gasteiger charge is -2.27. The number of nitrogens with zero attached hydrogens (tertiary/aromatic N) is 2. The molecule has 0 spiro atoms. The molecule has 4 aliphatic rings. The van der Waals surface area contributed by atoms with E-state index in [1.54, 1.807) is 0 Å². The van der Waals surface area contributed by atoms with Gasteiger partial charge >= 0.3 is 0 Å². The van der Waals surface area contributed by atoms with E-state index in [1.807, 2.05) is 11.0 Å². The van der Waals surface area contributed by atoms with E-state index in [4.69, 9.17) is 1.41 Å². The Morgan fingerprint density at radius 1 is 1.30 bits per heavy atom. The maximum absolute atomic E-state index is 12.9. The summed E-state index contributed by atoms with van der Waals surface area (Å²) >= 11 is 0. The molecule has 6 heteroatoms. The average Bonchev–Trinajstić information content (AvgIpc) is 3.21.